The van der Waals surface area contributed by atoms with Crippen LogP contribution in [0.15, 0.2) is 6.20 Å². The first-order valence-corrected chi connectivity index (χ1v) is 7.28. The highest BCUT2D eigenvalue weighted by Crippen LogP contribution is 2.27. The molecule has 1 atom stereocenters. The fraction of sp³-hybridized carbons (Fsp3) is 0.769. The van der Waals surface area contributed by atoms with Gasteiger partial charge in [-0.2, -0.15) is 0 Å². The lowest BCUT2D eigenvalue weighted by Gasteiger charge is -2.19. The zero-order chi connectivity index (χ0) is 11.4. The van der Waals surface area contributed by atoms with Crippen LogP contribution in [0.3, 0.4) is 0 Å². The zero-order valence-corrected chi connectivity index (χ0v) is 11.1. The van der Waals surface area contributed by atoms with Crippen LogP contribution in [-0.4, -0.2) is 11.0 Å². The SMILES string of the molecule is CCc1ncc(CN[C@H](C)C2CCCC2)s1. The molecule has 1 saturated carbocycles. The summed E-state index contributed by atoms with van der Waals surface area (Å²) in [6, 6.07) is 0.662. The topological polar surface area (TPSA) is 24.9 Å². The van der Waals surface area contributed by atoms with E-state index in [0.29, 0.717) is 6.04 Å². The Labute approximate surface area is 102 Å². The van der Waals surface area contributed by atoms with Gasteiger partial charge < -0.3 is 5.32 Å². The maximum absolute atomic E-state index is 4.39. The van der Waals surface area contributed by atoms with Crippen molar-refractivity contribution < 1.29 is 0 Å². The van der Waals surface area contributed by atoms with Crippen molar-refractivity contribution in [3.05, 3.63) is 16.1 Å². The van der Waals surface area contributed by atoms with E-state index in [4.69, 9.17) is 0 Å². The zero-order valence-electron chi connectivity index (χ0n) is 10.3. The van der Waals surface area contributed by atoms with Gasteiger partial charge in [0.2, 0.25) is 0 Å². The lowest BCUT2D eigenvalue weighted by molar-refractivity contribution is 0.381. The van der Waals surface area contributed by atoms with E-state index in [2.05, 4.69) is 24.1 Å². The number of rotatable bonds is 5. The Kier molecular flexibility index (Phi) is 4.36. The molecule has 1 fully saturated rings. The average Bonchev–Trinajstić information content (AvgIpc) is 2.96. The monoisotopic (exact) mass is 238 g/mol. The van der Waals surface area contributed by atoms with Crippen molar-refractivity contribution >= 4 is 11.3 Å². The molecule has 1 aliphatic carbocycles. The molecule has 0 saturated heterocycles. The summed E-state index contributed by atoms with van der Waals surface area (Å²) < 4.78 is 0. The smallest absolute Gasteiger partial charge is 0.0925 e. The van der Waals surface area contributed by atoms with Gasteiger partial charge in [-0.05, 0) is 32.1 Å². The van der Waals surface area contributed by atoms with E-state index in [0.717, 1.165) is 18.9 Å². The number of aromatic nitrogens is 1. The summed E-state index contributed by atoms with van der Waals surface area (Å²) in [5.41, 5.74) is 0. The Hall–Kier alpha value is -0.410. The number of nitrogens with one attached hydrogen (secondary N) is 1. The molecular weight excluding hydrogens is 216 g/mol. The second-order valence-corrected chi connectivity index (χ2v) is 5.99. The third-order valence-electron chi connectivity index (χ3n) is 3.61. The number of nitrogens with zero attached hydrogens (tertiary/aromatic N) is 1. The van der Waals surface area contributed by atoms with Crippen LogP contribution in [0.2, 0.25) is 0 Å². The predicted octanol–water partition coefficient (Wildman–Crippen LogP) is 3.37. The Morgan fingerprint density at radius 3 is 2.88 bits per heavy atom. The number of thiazole rings is 1. The molecule has 1 aliphatic rings. The van der Waals surface area contributed by atoms with Crippen molar-refractivity contribution in [3.63, 3.8) is 0 Å². The van der Waals surface area contributed by atoms with Crippen molar-refractivity contribution in [2.24, 2.45) is 5.92 Å². The summed E-state index contributed by atoms with van der Waals surface area (Å²) in [6.45, 7) is 5.49. The Morgan fingerprint density at radius 1 is 1.50 bits per heavy atom. The predicted molar refractivity (Wildman–Crippen MR) is 69.8 cm³/mol. The molecule has 3 heteroatoms. The molecule has 1 aromatic heterocycles. The normalized spacial score (nSPS) is 19.1. The summed E-state index contributed by atoms with van der Waals surface area (Å²) >= 11 is 1.84. The van der Waals surface area contributed by atoms with E-state index in [1.165, 1.54) is 35.6 Å². The van der Waals surface area contributed by atoms with Gasteiger partial charge in [-0.3, -0.25) is 0 Å². The highest BCUT2D eigenvalue weighted by atomic mass is 32.1. The number of hydrogen-bond acceptors (Lipinski definition) is 3. The number of aryl methyl sites for hydroxylation is 1. The Balaban J connectivity index is 1.77. The molecule has 1 N–H and O–H groups in total. The van der Waals surface area contributed by atoms with E-state index in [1.54, 1.807) is 0 Å². The molecule has 90 valence electrons. The third-order valence-corrected chi connectivity index (χ3v) is 4.75. The molecule has 0 bridgehead atoms. The molecule has 16 heavy (non-hydrogen) atoms. The van der Waals surface area contributed by atoms with Gasteiger partial charge in [-0.25, -0.2) is 4.98 Å². The molecule has 0 aromatic carbocycles. The van der Waals surface area contributed by atoms with Crippen molar-refractivity contribution in [1.82, 2.24) is 10.3 Å². The van der Waals surface area contributed by atoms with E-state index < -0.39 is 0 Å². The molecule has 1 heterocycles. The minimum absolute atomic E-state index is 0.662. The quantitative estimate of drug-likeness (QED) is 0.850. The van der Waals surface area contributed by atoms with Crippen LogP contribution in [0.4, 0.5) is 0 Å². The summed E-state index contributed by atoms with van der Waals surface area (Å²) in [6.07, 6.45) is 8.77. The van der Waals surface area contributed by atoms with Gasteiger partial charge in [0.25, 0.3) is 0 Å². The second-order valence-electron chi connectivity index (χ2n) is 4.79. The van der Waals surface area contributed by atoms with Crippen LogP contribution in [0.5, 0.6) is 0 Å². The molecule has 2 rings (SSSR count). The van der Waals surface area contributed by atoms with E-state index in [-0.39, 0.29) is 0 Å². The van der Waals surface area contributed by atoms with Crippen molar-refractivity contribution in [2.75, 3.05) is 0 Å². The molecule has 2 nitrogen and oxygen atoms in total. The average molecular weight is 238 g/mol. The molecule has 0 aliphatic heterocycles. The van der Waals surface area contributed by atoms with Gasteiger partial charge >= 0.3 is 0 Å². The molecule has 0 amide bonds. The fourth-order valence-corrected chi connectivity index (χ4v) is 3.29. The molecular formula is C13H22N2S. The van der Waals surface area contributed by atoms with Gasteiger partial charge in [-0.1, -0.05) is 19.8 Å². The van der Waals surface area contributed by atoms with Crippen LogP contribution >= 0.6 is 11.3 Å². The molecule has 0 unspecified atom stereocenters. The third kappa shape index (κ3) is 3.05. The van der Waals surface area contributed by atoms with Crippen LogP contribution < -0.4 is 5.32 Å². The van der Waals surface area contributed by atoms with Gasteiger partial charge in [0, 0.05) is 23.7 Å². The maximum atomic E-state index is 4.39. The standard InChI is InChI=1S/C13H22N2S/c1-3-13-15-9-12(16-13)8-14-10(2)11-6-4-5-7-11/h9-11,14H,3-8H2,1-2H3/t10-/m1/s1. The van der Waals surface area contributed by atoms with Crippen LogP contribution in [0.1, 0.15) is 49.4 Å². The van der Waals surface area contributed by atoms with Gasteiger partial charge in [-0.15, -0.1) is 11.3 Å². The van der Waals surface area contributed by atoms with Gasteiger partial charge in [0.05, 0.1) is 5.01 Å². The van der Waals surface area contributed by atoms with Crippen molar-refractivity contribution in [2.45, 2.75) is 58.5 Å². The largest absolute Gasteiger partial charge is 0.309 e. The summed E-state index contributed by atoms with van der Waals surface area (Å²) in [4.78, 5) is 5.77. The van der Waals surface area contributed by atoms with Gasteiger partial charge in [0.1, 0.15) is 0 Å². The van der Waals surface area contributed by atoms with Crippen molar-refractivity contribution in [3.8, 4) is 0 Å². The minimum Gasteiger partial charge on any atom is -0.309 e. The second kappa shape index (κ2) is 5.78. The highest BCUT2D eigenvalue weighted by molar-refractivity contribution is 7.11. The maximum Gasteiger partial charge on any atom is 0.0925 e. The number of hydrogen-bond donors (Lipinski definition) is 1. The molecule has 0 radical (unpaired) electrons. The lowest BCUT2D eigenvalue weighted by Crippen LogP contribution is -2.31. The Morgan fingerprint density at radius 2 is 2.25 bits per heavy atom. The van der Waals surface area contributed by atoms with E-state index >= 15 is 0 Å². The van der Waals surface area contributed by atoms with Crippen molar-refractivity contribution in [1.29, 1.82) is 0 Å². The molecule has 1 aromatic rings. The first-order valence-electron chi connectivity index (χ1n) is 6.46. The first-order chi connectivity index (χ1) is 7.79. The van der Waals surface area contributed by atoms with Crippen LogP contribution in [0.25, 0.3) is 0 Å². The highest BCUT2D eigenvalue weighted by Gasteiger charge is 2.20. The van der Waals surface area contributed by atoms with Crippen LogP contribution in [-0.2, 0) is 13.0 Å². The molecule has 0 spiro atoms. The summed E-state index contributed by atoms with van der Waals surface area (Å²) in [5.74, 6) is 0.901. The van der Waals surface area contributed by atoms with Crippen LogP contribution in [0, 0.1) is 5.92 Å². The summed E-state index contributed by atoms with van der Waals surface area (Å²) in [5, 5.41) is 4.90. The van der Waals surface area contributed by atoms with E-state index in [1.807, 2.05) is 17.5 Å². The minimum atomic E-state index is 0.662. The summed E-state index contributed by atoms with van der Waals surface area (Å²) in [7, 11) is 0. The van der Waals surface area contributed by atoms with E-state index in [9.17, 15) is 0 Å². The fourth-order valence-electron chi connectivity index (χ4n) is 2.48. The van der Waals surface area contributed by atoms with Gasteiger partial charge in [0.15, 0.2) is 0 Å². The Bertz CT molecular complexity index is 315. The lowest BCUT2D eigenvalue weighted by atomic mass is 10.00. The first kappa shape index (κ1) is 12.1.